The molecule has 0 unspecified atom stereocenters. The van der Waals surface area contributed by atoms with E-state index in [1.54, 1.807) is 13.0 Å². The van der Waals surface area contributed by atoms with Gasteiger partial charge < -0.3 is 20.1 Å². The zero-order valence-corrected chi connectivity index (χ0v) is 17.0. The Labute approximate surface area is 176 Å². The zero-order chi connectivity index (χ0) is 20.9. The number of nitrogens with zero attached hydrogens (tertiary/aromatic N) is 2. The first-order valence-corrected chi connectivity index (χ1v) is 10.4. The maximum Gasteiger partial charge on any atom is 0.235 e. The number of aryl methyl sites for hydroxylation is 1. The average Bonchev–Trinajstić information content (AvgIpc) is 3.34. The molecule has 0 aliphatic heterocycles. The van der Waals surface area contributed by atoms with Crippen molar-refractivity contribution in [1.82, 2.24) is 15.1 Å². The number of thioether (sulfide) groups is 1. The van der Waals surface area contributed by atoms with Crippen molar-refractivity contribution in [2.45, 2.75) is 6.92 Å². The molecule has 9 heteroatoms. The number of benzene rings is 2. The lowest BCUT2D eigenvalue weighted by molar-refractivity contribution is -0.114. The van der Waals surface area contributed by atoms with Crippen molar-refractivity contribution in [3.8, 4) is 11.4 Å². The third-order valence-corrected chi connectivity index (χ3v) is 5.14. The second kappa shape index (κ2) is 8.83. The molecule has 0 radical (unpaired) electrons. The average molecular weight is 421 g/mol. The van der Waals surface area contributed by atoms with Crippen LogP contribution in [0.3, 0.4) is 0 Å². The fraction of sp³-hybridized carbons (Fsp3) is 0.143. The van der Waals surface area contributed by atoms with Crippen LogP contribution in [0.1, 0.15) is 5.76 Å². The van der Waals surface area contributed by atoms with Gasteiger partial charge >= 0.3 is 0 Å². The van der Waals surface area contributed by atoms with Gasteiger partial charge in [-0.1, -0.05) is 29.4 Å². The minimum Gasteiger partial charge on any atom is -0.360 e. The fourth-order valence-electron chi connectivity index (χ4n) is 2.91. The van der Waals surface area contributed by atoms with Gasteiger partial charge in [-0.3, -0.25) is 9.59 Å². The molecule has 152 valence electrons. The third kappa shape index (κ3) is 4.69. The highest BCUT2D eigenvalue weighted by Gasteiger charge is 2.13. The first-order valence-electron chi connectivity index (χ1n) is 9.23. The molecule has 2 amide bonds. The van der Waals surface area contributed by atoms with Gasteiger partial charge in [-0.15, -0.1) is 11.8 Å². The number of H-pyrrole nitrogens is 1. The van der Waals surface area contributed by atoms with Gasteiger partial charge in [0.1, 0.15) is 11.6 Å². The highest BCUT2D eigenvalue weighted by Crippen LogP contribution is 2.27. The Balaban J connectivity index is 1.35. The zero-order valence-electron chi connectivity index (χ0n) is 16.1. The Morgan fingerprint density at radius 1 is 1.03 bits per heavy atom. The van der Waals surface area contributed by atoms with Crippen LogP contribution in [-0.2, 0) is 9.59 Å². The van der Waals surface area contributed by atoms with Crippen LogP contribution < -0.4 is 10.6 Å². The van der Waals surface area contributed by atoms with Crippen LogP contribution >= 0.6 is 11.8 Å². The van der Waals surface area contributed by atoms with E-state index in [1.165, 1.54) is 11.8 Å². The van der Waals surface area contributed by atoms with Crippen LogP contribution in [0.15, 0.2) is 59.1 Å². The van der Waals surface area contributed by atoms with Crippen LogP contribution in [-0.4, -0.2) is 38.4 Å². The number of carbonyl (C=O) groups is 2. The highest BCUT2D eigenvalue weighted by atomic mass is 32.2. The van der Waals surface area contributed by atoms with Gasteiger partial charge in [0, 0.05) is 11.6 Å². The van der Waals surface area contributed by atoms with Gasteiger partial charge in [-0.05, 0) is 31.2 Å². The quantitative estimate of drug-likeness (QED) is 0.418. The first kappa shape index (κ1) is 19.7. The third-order valence-electron chi connectivity index (χ3n) is 4.21. The van der Waals surface area contributed by atoms with Crippen molar-refractivity contribution < 1.29 is 14.1 Å². The van der Waals surface area contributed by atoms with E-state index in [2.05, 4.69) is 25.8 Å². The number of amides is 2. The topological polar surface area (TPSA) is 113 Å². The summed E-state index contributed by atoms with van der Waals surface area (Å²) in [5, 5.41) is 9.23. The van der Waals surface area contributed by atoms with Crippen LogP contribution in [0.4, 0.5) is 11.5 Å². The van der Waals surface area contributed by atoms with Crippen molar-refractivity contribution in [3.63, 3.8) is 0 Å². The van der Waals surface area contributed by atoms with Crippen molar-refractivity contribution in [1.29, 1.82) is 0 Å². The molecule has 0 saturated carbocycles. The van der Waals surface area contributed by atoms with Gasteiger partial charge in [0.05, 0.1) is 28.2 Å². The molecule has 30 heavy (non-hydrogen) atoms. The Bertz CT molecular complexity index is 1170. The smallest absolute Gasteiger partial charge is 0.235 e. The molecule has 2 heterocycles. The van der Waals surface area contributed by atoms with Crippen LogP contribution in [0.5, 0.6) is 0 Å². The molecule has 0 aliphatic carbocycles. The molecule has 4 aromatic rings. The molecule has 0 bridgehead atoms. The molecule has 4 rings (SSSR count). The molecule has 0 spiro atoms. The standard InChI is InChI=1S/C21H19N5O3S/c1-13-10-18(26-29-13)25-20(28)12-30-11-19(27)22-15-7-3-2-6-14(15)21-23-16-8-4-5-9-17(16)24-21/h2-10H,11-12H2,1H3,(H,22,27)(H,23,24)(H,25,26,28). The highest BCUT2D eigenvalue weighted by molar-refractivity contribution is 8.00. The second-order valence-corrected chi connectivity index (χ2v) is 7.55. The number of aromatic amines is 1. The molecule has 0 aliphatic rings. The molecular weight excluding hydrogens is 402 g/mol. The molecule has 0 saturated heterocycles. The Kier molecular flexibility index (Phi) is 5.80. The Morgan fingerprint density at radius 3 is 2.53 bits per heavy atom. The van der Waals surface area contributed by atoms with E-state index in [0.29, 0.717) is 23.1 Å². The summed E-state index contributed by atoms with van der Waals surface area (Å²) < 4.78 is 4.90. The Morgan fingerprint density at radius 2 is 1.77 bits per heavy atom. The number of anilines is 2. The fourth-order valence-corrected chi connectivity index (χ4v) is 3.52. The van der Waals surface area contributed by atoms with E-state index in [0.717, 1.165) is 16.6 Å². The van der Waals surface area contributed by atoms with E-state index >= 15 is 0 Å². The van der Waals surface area contributed by atoms with E-state index in [9.17, 15) is 9.59 Å². The van der Waals surface area contributed by atoms with Crippen LogP contribution in [0, 0.1) is 6.92 Å². The summed E-state index contributed by atoms with van der Waals surface area (Å²) in [6.07, 6.45) is 0. The van der Waals surface area contributed by atoms with Crippen molar-refractivity contribution in [2.24, 2.45) is 0 Å². The lowest BCUT2D eigenvalue weighted by Crippen LogP contribution is -2.18. The van der Waals surface area contributed by atoms with E-state index in [1.807, 2.05) is 48.5 Å². The second-order valence-electron chi connectivity index (χ2n) is 6.56. The number of hydrogen-bond donors (Lipinski definition) is 3. The minimum absolute atomic E-state index is 0.130. The number of fused-ring (bicyclic) bond motifs is 1. The maximum atomic E-state index is 12.4. The van der Waals surface area contributed by atoms with Crippen LogP contribution in [0.25, 0.3) is 22.4 Å². The summed E-state index contributed by atoms with van der Waals surface area (Å²) >= 11 is 1.21. The minimum atomic E-state index is -0.247. The number of aromatic nitrogens is 3. The van der Waals surface area contributed by atoms with E-state index < -0.39 is 0 Å². The lowest BCUT2D eigenvalue weighted by atomic mass is 10.1. The number of carbonyl (C=O) groups excluding carboxylic acids is 2. The largest absolute Gasteiger partial charge is 0.360 e. The summed E-state index contributed by atoms with van der Waals surface area (Å²) in [4.78, 5) is 32.2. The molecule has 8 nitrogen and oxygen atoms in total. The summed E-state index contributed by atoms with van der Waals surface area (Å²) in [7, 11) is 0. The number of nitrogens with one attached hydrogen (secondary N) is 3. The van der Waals surface area contributed by atoms with Gasteiger partial charge in [0.25, 0.3) is 0 Å². The van der Waals surface area contributed by atoms with Crippen molar-refractivity contribution in [3.05, 3.63) is 60.4 Å². The summed E-state index contributed by atoms with van der Waals surface area (Å²) in [6, 6.07) is 16.8. The molecule has 3 N–H and O–H groups in total. The number of rotatable bonds is 7. The SMILES string of the molecule is Cc1cc(NC(=O)CSCC(=O)Nc2ccccc2-c2nc3ccccc3[nH]2)no1. The van der Waals surface area contributed by atoms with Crippen LogP contribution in [0.2, 0.25) is 0 Å². The Hall–Kier alpha value is -3.59. The van der Waals surface area contributed by atoms with E-state index in [-0.39, 0.29) is 23.3 Å². The van der Waals surface area contributed by atoms with Gasteiger partial charge in [0.2, 0.25) is 11.8 Å². The predicted octanol–water partition coefficient (Wildman–Crippen LogP) is 3.84. The maximum absolute atomic E-state index is 12.4. The molecule has 2 aromatic carbocycles. The van der Waals surface area contributed by atoms with Crippen molar-refractivity contribution >= 4 is 46.1 Å². The predicted molar refractivity (Wildman–Crippen MR) is 117 cm³/mol. The van der Waals surface area contributed by atoms with Gasteiger partial charge in [-0.2, -0.15) is 0 Å². The monoisotopic (exact) mass is 421 g/mol. The number of imidazole rings is 1. The first-order chi connectivity index (χ1) is 14.6. The molecular formula is C21H19N5O3S. The van der Waals surface area contributed by atoms with Gasteiger partial charge in [-0.25, -0.2) is 4.98 Å². The summed E-state index contributed by atoms with van der Waals surface area (Å²) in [5.74, 6) is 1.48. The number of para-hydroxylation sites is 3. The summed E-state index contributed by atoms with van der Waals surface area (Å²) in [6.45, 7) is 1.74. The van der Waals surface area contributed by atoms with Gasteiger partial charge in [0.15, 0.2) is 5.82 Å². The molecule has 2 aromatic heterocycles. The summed E-state index contributed by atoms with van der Waals surface area (Å²) in [5.41, 5.74) is 3.24. The molecule has 0 fully saturated rings. The molecule has 0 atom stereocenters. The normalized spacial score (nSPS) is 10.8. The number of hydrogen-bond acceptors (Lipinski definition) is 6. The van der Waals surface area contributed by atoms with Crippen molar-refractivity contribution in [2.75, 3.05) is 22.1 Å². The lowest BCUT2D eigenvalue weighted by Gasteiger charge is -2.09. The van der Waals surface area contributed by atoms with E-state index in [4.69, 9.17) is 4.52 Å².